The SMILES string of the molecule is CCC1OC(C)(C)OC1C1COC(C)(C)O1. The van der Waals surface area contributed by atoms with Crippen LogP contribution >= 0.6 is 0 Å². The molecule has 3 atom stereocenters. The minimum absolute atomic E-state index is 0.0261. The molecule has 3 unspecified atom stereocenters. The summed E-state index contributed by atoms with van der Waals surface area (Å²) in [7, 11) is 0. The fraction of sp³-hybridized carbons (Fsp3) is 1.00. The molecule has 0 aromatic heterocycles. The zero-order valence-corrected chi connectivity index (χ0v) is 10.8. The second kappa shape index (κ2) is 3.95. The molecular formula is C12H22O4. The van der Waals surface area contributed by atoms with Crippen LogP contribution in [0.4, 0.5) is 0 Å². The zero-order chi connectivity index (χ0) is 12.0. The average molecular weight is 230 g/mol. The Labute approximate surface area is 97.2 Å². The summed E-state index contributed by atoms with van der Waals surface area (Å²) in [6.07, 6.45) is 0.968. The van der Waals surface area contributed by atoms with Crippen LogP contribution in [-0.2, 0) is 18.9 Å². The summed E-state index contributed by atoms with van der Waals surface area (Å²) in [4.78, 5) is 0. The van der Waals surface area contributed by atoms with Gasteiger partial charge in [0.15, 0.2) is 11.6 Å². The van der Waals surface area contributed by atoms with Crippen molar-refractivity contribution >= 4 is 0 Å². The van der Waals surface area contributed by atoms with Crippen LogP contribution in [0.2, 0.25) is 0 Å². The van der Waals surface area contributed by atoms with Crippen LogP contribution in [-0.4, -0.2) is 36.5 Å². The topological polar surface area (TPSA) is 36.9 Å². The van der Waals surface area contributed by atoms with Gasteiger partial charge in [0.05, 0.1) is 12.7 Å². The van der Waals surface area contributed by atoms with Crippen LogP contribution < -0.4 is 0 Å². The van der Waals surface area contributed by atoms with Crippen molar-refractivity contribution < 1.29 is 18.9 Å². The fourth-order valence-corrected chi connectivity index (χ4v) is 2.37. The van der Waals surface area contributed by atoms with Crippen LogP contribution in [0.1, 0.15) is 41.0 Å². The lowest BCUT2D eigenvalue weighted by Crippen LogP contribution is -2.38. The summed E-state index contributed by atoms with van der Waals surface area (Å²) >= 11 is 0. The largest absolute Gasteiger partial charge is 0.348 e. The molecule has 2 rings (SSSR count). The molecule has 0 amide bonds. The highest BCUT2D eigenvalue weighted by Gasteiger charge is 2.48. The molecule has 2 heterocycles. The molecule has 16 heavy (non-hydrogen) atoms. The predicted octanol–water partition coefficient (Wildman–Crippen LogP) is 2.07. The number of hydrogen-bond acceptors (Lipinski definition) is 4. The van der Waals surface area contributed by atoms with E-state index in [2.05, 4.69) is 6.92 Å². The van der Waals surface area contributed by atoms with Gasteiger partial charge in [0, 0.05) is 0 Å². The average Bonchev–Trinajstić information content (AvgIpc) is 2.65. The maximum absolute atomic E-state index is 5.90. The first-order valence-electron chi connectivity index (χ1n) is 6.00. The highest BCUT2D eigenvalue weighted by atomic mass is 16.8. The van der Waals surface area contributed by atoms with Crippen molar-refractivity contribution in [2.75, 3.05) is 6.61 Å². The first kappa shape index (κ1) is 12.3. The van der Waals surface area contributed by atoms with Gasteiger partial charge in [0.2, 0.25) is 0 Å². The smallest absolute Gasteiger partial charge is 0.163 e. The minimum Gasteiger partial charge on any atom is -0.348 e. The van der Waals surface area contributed by atoms with Crippen LogP contribution in [0, 0.1) is 0 Å². The normalized spacial score (nSPS) is 41.4. The summed E-state index contributed by atoms with van der Waals surface area (Å²) < 4.78 is 23.1. The molecule has 0 aromatic carbocycles. The van der Waals surface area contributed by atoms with Crippen molar-refractivity contribution in [1.29, 1.82) is 0 Å². The van der Waals surface area contributed by atoms with E-state index in [0.717, 1.165) is 6.42 Å². The molecule has 94 valence electrons. The van der Waals surface area contributed by atoms with Gasteiger partial charge >= 0.3 is 0 Å². The van der Waals surface area contributed by atoms with E-state index in [-0.39, 0.29) is 18.3 Å². The van der Waals surface area contributed by atoms with E-state index in [1.807, 2.05) is 27.7 Å². The van der Waals surface area contributed by atoms with Gasteiger partial charge in [-0.05, 0) is 34.1 Å². The first-order chi connectivity index (χ1) is 7.33. The van der Waals surface area contributed by atoms with E-state index < -0.39 is 11.6 Å². The van der Waals surface area contributed by atoms with Gasteiger partial charge in [-0.2, -0.15) is 0 Å². The molecule has 4 heteroatoms. The third kappa shape index (κ3) is 2.40. The Morgan fingerprint density at radius 3 is 2.19 bits per heavy atom. The van der Waals surface area contributed by atoms with Gasteiger partial charge in [0.25, 0.3) is 0 Å². The van der Waals surface area contributed by atoms with E-state index in [0.29, 0.717) is 6.61 Å². The molecule has 0 aromatic rings. The molecule has 2 fully saturated rings. The molecule has 4 nitrogen and oxygen atoms in total. The first-order valence-corrected chi connectivity index (χ1v) is 6.00. The third-order valence-electron chi connectivity index (χ3n) is 3.02. The zero-order valence-electron chi connectivity index (χ0n) is 10.8. The van der Waals surface area contributed by atoms with Gasteiger partial charge in [-0.3, -0.25) is 0 Å². The number of rotatable bonds is 2. The van der Waals surface area contributed by atoms with Crippen molar-refractivity contribution in [2.45, 2.75) is 70.9 Å². The Morgan fingerprint density at radius 1 is 1.00 bits per heavy atom. The van der Waals surface area contributed by atoms with E-state index in [1.54, 1.807) is 0 Å². The van der Waals surface area contributed by atoms with Gasteiger partial charge in [-0.15, -0.1) is 0 Å². The fourth-order valence-electron chi connectivity index (χ4n) is 2.37. The van der Waals surface area contributed by atoms with Gasteiger partial charge in [-0.1, -0.05) is 6.92 Å². The maximum atomic E-state index is 5.90. The molecule has 0 bridgehead atoms. The van der Waals surface area contributed by atoms with Gasteiger partial charge in [0.1, 0.15) is 12.2 Å². The Hall–Kier alpha value is -0.160. The highest BCUT2D eigenvalue weighted by Crippen LogP contribution is 2.36. The number of ether oxygens (including phenoxy) is 4. The highest BCUT2D eigenvalue weighted by molar-refractivity contribution is 4.89. The lowest BCUT2D eigenvalue weighted by Gasteiger charge is -2.23. The standard InChI is InChI=1S/C12H22O4/c1-6-8-10(16-12(4,5)14-8)9-7-13-11(2,3)15-9/h8-10H,6-7H2,1-5H3. The lowest BCUT2D eigenvalue weighted by molar-refractivity contribution is -0.174. The van der Waals surface area contributed by atoms with Crippen LogP contribution in [0.15, 0.2) is 0 Å². The van der Waals surface area contributed by atoms with Crippen molar-refractivity contribution in [3.63, 3.8) is 0 Å². The summed E-state index contributed by atoms with van der Waals surface area (Å²) in [5, 5.41) is 0. The molecule has 2 saturated heterocycles. The van der Waals surface area contributed by atoms with Crippen LogP contribution in [0.3, 0.4) is 0 Å². The second-order valence-corrected chi connectivity index (χ2v) is 5.41. The molecule has 0 aliphatic carbocycles. The molecule has 0 N–H and O–H groups in total. The van der Waals surface area contributed by atoms with E-state index in [1.165, 1.54) is 0 Å². The maximum Gasteiger partial charge on any atom is 0.163 e. The van der Waals surface area contributed by atoms with Crippen molar-refractivity contribution in [2.24, 2.45) is 0 Å². The quantitative estimate of drug-likeness (QED) is 0.727. The summed E-state index contributed by atoms with van der Waals surface area (Å²) in [6, 6.07) is 0. The van der Waals surface area contributed by atoms with Crippen molar-refractivity contribution in [3.05, 3.63) is 0 Å². The second-order valence-electron chi connectivity index (χ2n) is 5.41. The number of hydrogen-bond donors (Lipinski definition) is 0. The molecule has 0 saturated carbocycles. The molecule has 0 spiro atoms. The monoisotopic (exact) mass is 230 g/mol. The Kier molecular flexibility index (Phi) is 3.03. The molecule has 2 aliphatic heterocycles. The molecule has 2 aliphatic rings. The molecular weight excluding hydrogens is 208 g/mol. The van der Waals surface area contributed by atoms with Crippen molar-refractivity contribution in [1.82, 2.24) is 0 Å². The third-order valence-corrected chi connectivity index (χ3v) is 3.02. The summed E-state index contributed by atoms with van der Waals surface area (Å²) in [6.45, 7) is 10.4. The molecule has 0 radical (unpaired) electrons. The summed E-state index contributed by atoms with van der Waals surface area (Å²) in [5.41, 5.74) is 0. The minimum atomic E-state index is -0.512. The predicted molar refractivity (Wildman–Crippen MR) is 59.0 cm³/mol. The Balaban J connectivity index is 2.04. The van der Waals surface area contributed by atoms with Gasteiger partial charge in [-0.25, -0.2) is 0 Å². The Morgan fingerprint density at radius 2 is 1.69 bits per heavy atom. The summed E-state index contributed by atoms with van der Waals surface area (Å²) in [5.74, 6) is -1.01. The Bertz CT molecular complexity index is 262. The van der Waals surface area contributed by atoms with E-state index >= 15 is 0 Å². The van der Waals surface area contributed by atoms with Gasteiger partial charge < -0.3 is 18.9 Å². The van der Waals surface area contributed by atoms with E-state index in [4.69, 9.17) is 18.9 Å². The van der Waals surface area contributed by atoms with E-state index in [9.17, 15) is 0 Å². The lowest BCUT2D eigenvalue weighted by atomic mass is 10.1. The van der Waals surface area contributed by atoms with Crippen molar-refractivity contribution in [3.8, 4) is 0 Å². The van der Waals surface area contributed by atoms with Crippen LogP contribution in [0.25, 0.3) is 0 Å². The van der Waals surface area contributed by atoms with Crippen LogP contribution in [0.5, 0.6) is 0 Å².